The molecular formula is C26H30FN5O2. The quantitative estimate of drug-likeness (QED) is 0.330. The Balaban J connectivity index is 1.20. The molecule has 0 N–H and O–H groups in total. The standard InChI is InChI=1S/C26H30FN5O2/c1-18(2)23-21-10-6-11-22(27)24(21)32(29-23)26-28-25(34-30-26)19-12-15-31(16-13-19)14-7-17-33-20-8-4-3-5-9-20/h3-6,8-11,18-19H,7,12-17H2,1-2H3. The van der Waals surface area contributed by atoms with Gasteiger partial charge < -0.3 is 14.2 Å². The molecular weight excluding hydrogens is 433 g/mol. The fourth-order valence-electron chi connectivity index (χ4n) is 4.60. The lowest BCUT2D eigenvalue weighted by molar-refractivity contribution is 0.180. The van der Waals surface area contributed by atoms with Gasteiger partial charge in [0.1, 0.15) is 17.1 Å². The van der Waals surface area contributed by atoms with Crippen LogP contribution in [0.2, 0.25) is 0 Å². The molecule has 0 amide bonds. The number of halogens is 1. The molecule has 1 aliphatic heterocycles. The van der Waals surface area contributed by atoms with Gasteiger partial charge in [0.05, 0.1) is 12.3 Å². The van der Waals surface area contributed by atoms with Gasteiger partial charge in [0.25, 0.3) is 5.95 Å². The van der Waals surface area contributed by atoms with E-state index in [2.05, 4.69) is 20.1 Å². The summed E-state index contributed by atoms with van der Waals surface area (Å²) in [5, 5.41) is 9.56. The molecule has 0 unspecified atom stereocenters. The van der Waals surface area contributed by atoms with Gasteiger partial charge in [-0.25, -0.2) is 4.39 Å². The smallest absolute Gasteiger partial charge is 0.291 e. The lowest BCUT2D eigenvalue weighted by atomic mass is 9.97. The van der Waals surface area contributed by atoms with E-state index in [4.69, 9.17) is 9.26 Å². The Kier molecular flexibility index (Phi) is 6.58. The predicted molar refractivity (Wildman–Crippen MR) is 128 cm³/mol. The van der Waals surface area contributed by atoms with Gasteiger partial charge in [0.15, 0.2) is 0 Å². The first-order chi connectivity index (χ1) is 16.6. The summed E-state index contributed by atoms with van der Waals surface area (Å²) in [4.78, 5) is 7.07. The minimum Gasteiger partial charge on any atom is -0.494 e. The monoisotopic (exact) mass is 463 g/mol. The molecule has 1 saturated heterocycles. The van der Waals surface area contributed by atoms with Crippen molar-refractivity contribution in [1.29, 1.82) is 0 Å². The van der Waals surface area contributed by atoms with Crippen LogP contribution in [0.4, 0.5) is 4.39 Å². The highest BCUT2D eigenvalue weighted by atomic mass is 19.1. The van der Waals surface area contributed by atoms with E-state index >= 15 is 0 Å². The zero-order chi connectivity index (χ0) is 23.5. The third kappa shape index (κ3) is 4.68. The van der Waals surface area contributed by atoms with Crippen molar-refractivity contribution < 1.29 is 13.7 Å². The van der Waals surface area contributed by atoms with E-state index in [0.29, 0.717) is 18.0 Å². The Hall–Kier alpha value is -3.26. The second kappa shape index (κ2) is 9.93. The van der Waals surface area contributed by atoms with E-state index in [0.717, 1.165) is 55.7 Å². The van der Waals surface area contributed by atoms with Gasteiger partial charge >= 0.3 is 0 Å². The highest BCUT2D eigenvalue weighted by Gasteiger charge is 2.27. The fraction of sp³-hybridized carbons (Fsp3) is 0.423. The third-order valence-corrected chi connectivity index (χ3v) is 6.42. The van der Waals surface area contributed by atoms with E-state index in [1.165, 1.54) is 10.7 Å². The number of para-hydroxylation sites is 2. The molecule has 178 valence electrons. The molecule has 0 bridgehead atoms. The van der Waals surface area contributed by atoms with Crippen LogP contribution in [-0.4, -0.2) is 51.1 Å². The fourth-order valence-corrected chi connectivity index (χ4v) is 4.60. The summed E-state index contributed by atoms with van der Waals surface area (Å²) in [5.74, 6) is 1.82. The molecule has 0 aliphatic carbocycles. The van der Waals surface area contributed by atoms with Crippen LogP contribution in [0.15, 0.2) is 53.1 Å². The van der Waals surface area contributed by atoms with Crippen LogP contribution in [0.3, 0.4) is 0 Å². The first kappa shape index (κ1) is 22.5. The highest BCUT2D eigenvalue weighted by molar-refractivity contribution is 5.84. The molecule has 0 atom stereocenters. The second-order valence-corrected chi connectivity index (χ2v) is 9.15. The lowest BCUT2D eigenvalue weighted by Crippen LogP contribution is -2.34. The summed E-state index contributed by atoms with van der Waals surface area (Å²) in [7, 11) is 0. The summed E-state index contributed by atoms with van der Waals surface area (Å²) < 4.78 is 27.6. The SMILES string of the molecule is CC(C)c1nn(-c2noc(C3CCN(CCCOc4ccccc4)CC3)n2)c2c(F)cccc12. The maximum atomic E-state index is 14.7. The van der Waals surface area contributed by atoms with Gasteiger partial charge in [-0.15, -0.1) is 0 Å². The number of piperidine rings is 1. The summed E-state index contributed by atoms with van der Waals surface area (Å²) in [5.41, 5.74) is 1.22. The molecule has 8 heteroatoms. The van der Waals surface area contributed by atoms with Crippen molar-refractivity contribution in [2.75, 3.05) is 26.2 Å². The number of benzene rings is 2. The maximum absolute atomic E-state index is 14.7. The molecule has 0 spiro atoms. The molecule has 34 heavy (non-hydrogen) atoms. The number of nitrogens with zero attached hydrogens (tertiary/aromatic N) is 5. The van der Waals surface area contributed by atoms with Crippen molar-refractivity contribution in [3.05, 3.63) is 65.9 Å². The molecule has 1 fully saturated rings. The molecule has 1 aliphatic rings. The van der Waals surface area contributed by atoms with E-state index in [-0.39, 0.29) is 23.6 Å². The number of rotatable bonds is 8. The van der Waals surface area contributed by atoms with E-state index in [9.17, 15) is 4.39 Å². The van der Waals surface area contributed by atoms with Crippen molar-refractivity contribution >= 4 is 10.9 Å². The summed E-state index contributed by atoms with van der Waals surface area (Å²) in [6.45, 7) is 7.75. The minimum atomic E-state index is -0.340. The first-order valence-corrected chi connectivity index (χ1v) is 12.0. The average Bonchev–Trinajstić information content (AvgIpc) is 3.49. The molecule has 0 saturated carbocycles. The number of aromatic nitrogens is 4. The summed E-state index contributed by atoms with van der Waals surface area (Å²) >= 11 is 0. The number of hydrogen-bond acceptors (Lipinski definition) is 6. The Bertz CT molecular complexity index is 1230. The van der Waals surface area contributed by atoms with Gasteiger partial charge in [0, 0.05) is 17.8 Å². The molecule has 2 aromatic carbocycles. The molecule has 2 aromatic heterocycles. The molecule has 3 heterocycles. The van der Waals surface area contributed by atoms with Crippen LogP contribution in [0.1, 0.15) is 56.5 Å². The van der Waals surface area contributed by atoms with Crippen molar-refractivity contribution in [1.82, 2.24) is 24.8 Å². The Morgan fingerprint density at radius 2 is 1.88 bits per heavy atom. The highest BCUT2D eigenvalue weighted by Crippen LogP contribution is 2.30. The molecule has 7 nitrogen and oxygen atoms in total. The van der Waals surface area contributed by atoms with Crippen LogP contribution in [0.5, 0.6) is 5.75 Å². The van der Waals surface area contributed by atoms with Gasteiger partial charge in [-0.05, 0) is 61.6 Å². The number of hydrogen-bond donors (Lipinski definition) is 0. The van der Waals surface area contributed by atoms with Crippen LogP contribution >= 0.6 is 0 Å². The predicted octanol–water partition coefficient (Wildman–Crippen LogP) is 5.32. The Morgan fingerprint density at radius 3 is 2.65 bits per heavy atom. The van der Waals surface area contributed by atoms with Crippen molar-refractivity contribution in [3.63, 3.8) is 0 Å². The number of fused-ring (bicyclic) bond motifs is 1. The van der Waals surface area contributed by atoms with Crippen molar-refractivity contribution in [2.45, 2.75) is 44.9 Å². The third-order valence-electron chi connectivity index (χ3n) is 6.42. The zero-order valence-electron chi connectivity index (χ0n) is 19.7. The lowest BCUT2D eigenvalue weighted by Gasteiger charge is -2.30. The maximum Gasteiger partial charge on any atom is 0.291 e. The van der Waals surface area contributed by atoms with Crippen LogP contribution in [0.25, 0.3) is 16.9 Å². The first-order valence-electron chi connectivity index (χ1n) is 12.0. The van der Waals surface area contributed by atoms with Gasteiger partial charge in [-0.2, -0.15) is 14.8 Å². The summed E-state index contributed by atoms with van der Waals surface area (Å²) in [6.07, 6.45) is 2.89. The van der Waals surface area contributed by atoms with Crippen LogP contribution < -0.4 is 4.74 Å². The van der Waals surface area contributed by atoms with Gasteiger partial charge in [-0.3, -0.25) is 0 Å². The van der Waals surface area contributed by atoms with Crippen molar-refractivity contribution in [3.8, 4) is 11.7 Å². The van der Waals surface area contributed by atoms with Crippen LogP contribution in [-0.2, 0) is 0 Å². The average molecular weight is 464 g/mol. The normalized spacial score (nSPS) is 15.4. The molecule has 0 radical (unpaired) electrons. The largest absolute Gasteiger partial charge is 0.494 e. The molecule has 5 rings (SSSR count). The number of likely N-dealkylation sites (tertiary alicyclic amines) is 1. The summed E-state index contributed by atoms with van der Waals surface area (Å²) in [6, 6.07) is 14.9. The Morgan fingerprint density at radius 1 is 1.09 bits per heavy atom. The molecule has 4 aromatic rings. The van der Waals surface area contributed by atoms with Gasteiger partial charge in [0.2, 0.25) is 5.89 Å². The Labute approximate surface area is 198 Å². The van der Waals surface area contributed by atoms with Crippen LogP contribution in [0, 0.1) is 5.82 Å². The van der Waals surface area contributed by atoms with Crippen molar-refractivity contribution in [2.24, 2.45) is 0 Å². The minimum absolute atomic E-state index is 0.152. The number of ether oxygens (including phenoxy) is 1. The topological polar surface area (TPSA) is 69.2 Å². The zero-order valence-corrected chi connectivity index (χ0v) is 19.7. The van der Waals surface area contributed by atoms with E-state index < -0.39 is 0 Å². The van der Waals surface area contributed by atoms with Gasteiger partial charge in [-0.1, -0.05) is 44.2 Å². The van der Waals surface area contributed by atoms with E-state index in [1.807, 2.05) is 50.2 Å². The van der Waals surface area contributed by atoms with E-state index in [1.54, 1.807) is 6.07 Å². The second-order valence-electron chi connectivity index (χ2n) is 9.15.